The van der Waals surface area contributed by atoms with Crippen molar-refractivity contribution >= 4 is 5.78 Å². The second-order valence-electron chi connectivity index (χ2n) is 1.78. The van der Waals surface area contributed by atoms with Crippen LogP contribution in [0.5, 0.6) is 0 Å². The maximum atomic E-state index is 10.3. The van der Waals surface area contributed by atoms with Crippen molar-refractivity contribution in [2.75, 3.05) is 20.6 Å². The molecule has 1 N–H and O–H groups in total. The Bertz CT molecular complexity index is 82.5. The lowest BCUT2D eigenvalue weighted by atomic mass is 10.4. The normalized spacial score (nSPS) is 10.0. The zero-order valence-corrected chi connectivity index (χ0v) is 5.56. The van der Waals surface area contributed by atoms with E-state index in [-0.39, 0.29) is 5.78 Å². The van der Waals surface area contributed by atoms with Gasteiger partial charge in [-0.2, -0.15) is 0 Å². The molecule has 0 fully saturated rings. The summed E-state index contributed by atoms with van der Waals surface area (Å²) in [5, 5.41) is 1.72. The fraction of sp³-hybridized carbons (Fsp3) is 0.800. The molecule has 0 heterocycles. The fourth-order valence-corrected chi connectivity index (χ4v) is 0.413. The lowest BCUT2D eigenvalue weighted by molar-refractivity contribution is -0.118. The second-order valence-corrected chi connectivity index (χ2v) is 1.78. The van der Waals surface area contributed by atoms with Crippen molar-refractivity contribution in [1.82, 2.24) is 10.4 Å². The number of carbonyl (C=O) groups excluding carboxylic acids is 1. The maximum absolute atomic E-state index is 10.3. The van der Waals surface area contributed by atoms with Gasteiger partial charge in [0.2, 0.25) is 0 Å². The zero-order valence-electron chi connectivity index (χ0n) is 5.56. The molecule has 8 heavy (non-hydrogen) atoms. The lowest BCUT2D eigenvalue weighted by Gasteiger charge is -2.10. The Labute approximate surface area is 49.6 Å². The summed E-state index contributed by atoms with van der Waals surface area (Å²) in [6.07, 6.45) is 0. The Morgan fingerprint density at radius 1 is 1.75 bits per heavy atom. The molecular weight excluding hydrogens is 104 g/mol. The monoisotopic (exact) mass is 116 g/mol. The van der Waals surface area contributed by atoms with Crippen LogP contribution in [0.4, 0.5) is 0 Å². The van der Waals surface area contributed by atoms with E-state index in [2.05, 4.69) is 5.43 Å². The first-order valence-corrected chi connectivity index (χ1v) is 2.54. The van der Waals surface area contributed by atoms with Crippen LogP contribution in [-0.2, 0) is 4.79 Å². The fourth-order valence-electron chi connectivity index (χ4n) is 0.413. The summed E-state index contributed by atoms with van der Waals surface area (Å²) in [7, 11) is 3.60. The van der Waals surface area contributed by atoms with E-state index in [0.29, 0.717) is 6.54 Å². The van der Waals surface area contributed by atoms with Gasteiger partial charge in [-0.1, -0.05) is 0 Å². The molecule has 0 aromatic rings. The standard InChI is InChI=1S/C5H12N2O/c1-5(8)4-7(3)6-2/h6H,4H2,1-3H3. The van der Waals surface area contributed by atoms with Crippen LogP contribution in [-0.4, -0.2) is 31.4 Å². The van der Waals surface area contributed by atoms with E-state index in [4.69, 9.17) is 0 Å². The Balaban J connectivity index is 3.24. The molecule has 3 nitrogen and oxygen atoms in total. The van der Waals surface area contributed by atoms with Gasteiger partial charge < -0.3 is 0 Å². The predicted molar refractivity (Wildman–Crippen MR) is 32.4 cm³/mol. The third-order valence-corrected chi connectivity index (χ3v) is 0.842. The molecule has 0 unspecified atom stereocenters. The van der Waals surface area contributed by atoms with Crippen LogP contribution in [0.25, 0.3) is 0 Å². The van der Waals surface area contributed by atoms with E-state index in [1.807, 2.05) is 7.05 Å². The molecular formula is C5H12N2O. The highest BCUT2D eigenvalue weighted by Gasteiger charge is 1.95. The average molecular weight is 116 g/mol. The molecule has 0 bridgehead atoms. The van der Waals surface area contributed by atoms with Crippen LogP contribution < -0.4 is 5.43 Å². The van der Waals surface area contributed by atoms with Crippen molar-refractivity contribution in [2.45, 2.75) is 6.92 Å². The van der Waals surface area contributed by atoms with Crippen molar-refractivity contribution in [3.05, 3.63) is 0 Å². The summed E-state index contributed by atoms with van der Waals surface area (Å²) in [6.45, 7) is 2.03. The number of hydrazine groups is 1. The van der Waals surface area contributed by atoms with Gasteiger partial charge in [-0.3, -0.25) is 10.2 Å². The molecule has 0 aromatic heterocycles. The first-order valence-electron chi connectivity index (χ1n) is 2.54. The summed E-state index contributed by atoms with van der Waals surface area (Å²) in [5.41, 5.74) is 2.81. The summed E-state index contributed by atoms with van der Waals surface area (Å²) in [6, 6.07) is 0. The molecule has 3 heteroatoms. The Morgan fingerprint density at radius 2 is 2.25 bits per heavy atom. The molecule has 0 atom stereocenters. The van der Waals surface area contributed by atoms with E-state index in [1.54, 1.807) is 19.0 Å². The first-order chi connectivity index (χ1) is 3.66. The van der Waals surface area contributed by atoms with Gasteiger partial charge in [0, 0.05) is 7.05 Å². The van der Waals surface area contributed by atoms with Crippen LogP contribution in [0.3, 0.4) is 0 Å². The van der Waals surface area contributed by atoms with Crippen molar-refractivity contribution in [2.24, 2.45) is 0 Å². The number of likely N-dealkylation sites (N-methyl/N-ethyl adjacent to an activating group) is 1. The minimum Gasteiger partial charge on any atom is -0.299 e. The van der Waals surface area contributed by atoms with E-state index >= 15 is 0 Å². The van der Waals surface area contributed by atoms with Crippen molar-refractivity contribution < 1.29 is 4.79 Å². The van der Waals surface area contributed by atoms with Gasteiger partial charge in [0.05, 0.1) is 6.54 Å². The quantitative estimate of drug-likeness (QED) is 0.511. The van der Waals surface area contributed by atoms with Crippen molar-refractivity contribution in [3.8, 4) is 0 Å². The number of carbonyl (C=O) groups is 1. The van der Waals surface area contributed by atoms with Gasteiger partial charge in [0.25, 0.3) is 0 Å². The minimum atomic E-state index is 0.168. The van der Waals surface area contributed by atoms with Gasteiger partial charge >= 0.3 is 0 Å². The highest BCUT2D eigenvalue weighted by molar-refractivity contribution is 5.77. The number of ketones is 1. The van der Waals surface area contributed by atoms with E-state index in [9.17, 15) is 4.79 Å². The summed E-state index contributed by atoms with van der Waals surface area (Å²) in [4.78, 5) is 10.3. The molecule has 0 radical (unpaired) electrons. The molecule has 0 aliphatic rings. The summed E-state index contributed by atoms with van der Waals surface area (Å²) >= 11 is 0. The minimum absolute atomic E-state index is 0.168. The molecule has 0 amide bonds. The maximum Gasteiger partial charge on any atom is 0.145 e. The molecule has 0 aliphatic heterocycles. The topological polar surface area (TPSA) is 32.3 Å². The zero-order chi connectivity index (χ0) is 6.57. The van der Waals surface area contributed by atoms with Gasteiger partial charge in [-0.15, -0.1) is 0 Å². The highest BCUT2D eigenvalue weighted by atomic mass is 16.1. The smallest absolute Gasteiger partial charge is 0.145 e. The van der Waals surface area contributed by atoms with Crippen molar-refractivity contribution in [3.63, 3.8) is 0 Å². The van der Waals surface area contributed by atoms with Gasteiger partial charge in [-0.25, -0.2) is 5.01 Å². The number of nitrogens with zero attached hydrogens (tertiary/aromatic N) is 1. The first kappa shape index (κ1) is 7.59. The molecule has 0 saturated carbocycles. The molecule has 0 saturated heterocycles. The third-order valence-electron chi connectivity index (χ3n) is 0.842. The lowest BCUT2D eigenvalue weighted by Crippen LogP contribution is -2.34. The molecule has 0 rings (SSSR count). The van der Waals surface area contributed by atoms with Crippen LogP contribution in [0.15, 0.2) is 0 Å². The Morgan fingerprint density at radius 3 is 2.38 bits per heavy atom. The van der Waals surface area contributed by atoms with Crippen LogP contribution in [0, 0.1) is 0 Å². The summed E-state index contributed by atoms with van der Waals surface area (Å²) < 4.78 is 0. The predicted octanol–water partition coefficient (Wildman–Crippen LogP) is -0.358. The molecule has 48 valence electrons. The van der Waals surface area contributed by atoms with Gasteiger partial charge in [0.15, 0.2) is 0 Å². The Kier molecular flexibility index (Phi) is 3.39. The average Bonchev–Trinajstić information content (AvgIpc) is 1.65. The van der Waals surface area contributed by atoms with E-state index in [0.717, 1.165) is 0 Å². The van der Waals surface area contributed by atoms with Gasteiger partial charge in [0.1, 0.15) is 5.78 Å². The van der Waals surface area contributed by atoms with Crippen LogP contribution in [0.2, 0.25) is 0 Å². The number of hydrogen-bond acceptors (Lipinski definition) is 3. The number of Topliss-reactive ketones (excluding diaryl/α,β-unsaturated/α-hetero) is 1. The largest absolute Gasteiger partial charge is 0.299 e. The van der Waals surface area contributed by atoms with E-state index < -0.39 is 0 Å². The number of nitrogens with one attached hydrogen (secondary N) is 1. The SMILES string of the molecule is CNN(C)CC(C)=O. The number of rotatable bonds is 3. The van der Waals surface area contributed by atoms with Crippen molar-refractivity contribution in [1.29, 1.82) is 0 Å². The van der Waals surface area contributed by atoms with E-state index in [1.165, 1.54) is 0 Å². The van der Waals surface area contributed by atoms with Crippen LogP contribution in [0.1, 0.15) is 6.92 Å². The number of hydrogen-bond donors (Lipinski definition) is 1. The van der Waals surface area contributed by atoms with Crippen LogP contribution >= 0.6 is 0 Å². The Hall–Kier alpha value is -0.410. The summed E-state index contributed by atoms with van der Waals surface area (Å²) in [5.74, 6) is 0.168. The molecule has 0 aliphatic carbocycles. The molecule has 0 aromatic carbocycles. The third kappa shape index (κ3) is 3.77. The molecule has 0 spiro atoms. The second kappa shape index (κ2) is 3.57. The van der Waals surface area contributed by atoms with Gasteiger partial charge in [-0.05, 0) is 14.0 Å². The highest BCUT2D eigenvalue weighted by Crippen LogP contribution is 1.72.